The van der Waals surface area contributed by atoms with Crippen molar-refractivity contribution in [3.63, 3.8) is 0 Å². The first-order valence-electron chi connectivity index (χ1n) is 20.0. The van der Waals surface area contributed by atoms with Crippen molar-refractivity contribution in [1.82, 2.24) is 0 Å². The third kappa shape index (κ3) is 14.1. The minimum absolute atomic E-state index is 0.421. The molecule has 0 saturated heterocycles. The molecule has 1 unspecified atom stereocenters. The third-order valence-electron chi connectivity index (χ3n) is 9.75. The first-order chi connectivity index (χ1) is 28.7. The molecule has 0 bridgehead atoms. The highest BCUT2D eigenvalue weighted by atomic mass is 14.9. The number of allylic oxidation sites excluding steroid dienone is 3. The van der Waals surface area contributed by atoms with Crippen molar-refractivity contribution in [1.29, 1.82) is 5.41 Å². The van der Waals surface area contributed by atoms with Crippen LogP contribution in [-0.4, -0.2) is 12.6 Å². The monoisotopic (exact) mass is 774 g/mol. The predicted molar refractivity (Wildman–Crippen MR) is 256 cm³/mol. The zero-order chi connectivity index (χ0) is 42.4. The highest BCUT2D eigenvalue weighted by molar-refractivity contribution is 6.03. The molecule has 0 aliphatic rings. The maximum absolute atomic E-state index is 6.48. The Morgan fingerprint density at radius 2 is 0.966 bits per heavy atom. The average Bonchev–Trinajstić information content (AvgIpc) is 3.29. The average molecular weight is 775 g/mol. The van der Waals surface area contributed by atoms with Crippen molar-refractivity contribution in [3.05, 3.63) is 239 Å². The van der Waals surface area contributed by atoms with Crippen molar-refractivity contribution >= 4 is 23.9 Å². The zero-order valence-corrected chi connectivity index (χ0v) is 35.1. The van der Waals surface area contributed by atoms with Crippen LogP contribution >= 0.6 is 0 Å². The van der Waals surface area contributed by atoms with Crippen LogP contribution < -0.4 is 11.5 Å². The number of hydrogen-bond donors (Lipinski definition) is 3. The molecule has 0 aliphatic heterocycles. The van der Waals surface area contributed by atoms with E-state index < -0.39 is 0 Å². The molecule has 0 fully saturated rings. The van der Waals surface area contributed by atoms with E-state index in [-0.39, 0.29) is 0 Å². The molecule has 0 aliphatic carbocycles. The van der Waals surface area contributed by atoms with Gasteiger partial charge in [0.2, 0.25) is 0 Å². The fraction of sp³-hybridized carbons (Fsp3) is 0.127. The van der Waals surface area contributed by atoms with E-state index in [1.165, 1.54) is 38.9 Å². The summed E-state index contributed by atoms with van der Waals surface area (Å²) in [5, 5.41) is 5.50. The molecular weight excluding hydrogens is 717 g/mol. The summed E-state index contributed by atoms with van der Waals surface area (Å²) in [5.74, 6) is 0.859. The first-order valence-corrected chi connectivity index (χ1v) is 20.0. The van der Waals surface area contributed by atoms with Gasteiger partial charge >= 0.3 is 0 Å². The molecule has 7 aromatic carbocycles. The number of benzene rings is 7. The largest absolute Gasteiger partial charge is 0.398 e. The second-order valence-corrected chi connectivity index (χ2v) is 14.3. The molecule has 298 valence electrons. The minimum Gasteiger partial charge on any atom is -0.398 e. The minimum atomic E-state index is 0.421. The third-order valence-corrected chi connectivity index (χ3v) is 9.75. The van der Waals surface area contributed by atoms with Crippen molar-refractivity contribution in [3.8, 4) is 22.3 Å². The Morgan fingerprint density at radius 1 is 0.559 bits per heavy atom. The number of nitrogens with one attached hydrogen (secondary N) is 1. The van der Waals surface area contributed by atoms with Crippen molar-refractivity contribution < 1.29 is 0 Å². The molecule has 0 heterocycles. The SMILES string of the molecule is C/C=C\C(C)=C(/N)c1ccccc1C(N)=Nc1ccc(-c2ccc(C(C)Cc3ccc(-c4ccccc4)cc3)cc2)cc1.C=N.Cc1ccccc1.Cc1ccccc1. The Morgan fingerprint density at radius 3 is 1.42 bits per heavy atom. The van der Waals surface area contributed by atoms with E-state index in [1.807, 2.05) is 98.8 Å². The van der Waals surface area contributed by atoms with Gasteiger partial charge in [-0.3, -0.25) is 0 Å². The predicted octanol–water partition coefficient (Wildman–Crippen LogP) is 13.9. The summed E-state index contributed by atoms with van der Waals surface area (Å²) in [6.45, 7) is 12.9. The number of nitrogens with zero attached hydrogens (tertiary/aromatic N) is 1. The van der Waals surface area contributed by atoms with Crippen LogP contribution in [0.3, 0.4) is 0 Å². The highest BCUT2D eigenvalue weighted by Crippen LogP contribution is 2.28. The lowest BCUT2D eigenvalue weighted by molar-refractivity contribution is 0.759. The maximum atomic E-state index is 6.48. The smallest absolute Gasteiger partial charge is 0.132 e. The van der Waals surface area contributed by atoms with Gasteiger partial charge in [0.15, 0.2) is 0 Å². The summed E-state index contributed by atoms with van der Waals surface area (Å²) in [5.41, 5.74) is 27.3. The van der Waals surface area contributed by atoms with Crippen LogP contribution in [0.15, 0.2) is 211 Å². The second-order valence-electron chi connectivity index (χ2n) is 14.3. The van der Waals surface area contributed by atoms with Gasteiger partial charge in [-0.2, -0.15) is 0 Å². The van der Waals surface area contributed by atoms with Gasteiger partial charge in [-0.15, -0.1) is 0 Å². The van der Waals surface area contributed by atoms with Crippen LogP contribution in [0.25, 0.3) is 28.0 Å². The van der Waals surface area contributed by atoms with E-state index in [9.17, 15) is 0 Å². The molecule has 0 amide bonds. The molecule has 4 heteroatoms. The molecular formula is C55H58N4. The van der Waals surface area contributed by atoms with E-state index in [1.54, 1.807) is 0 Å². The molecule has 7 rings (SSSR count). The molecule has 1 atom stereocenters. The van der Waals surface area contributed by atoms with Gasteiger partial charge in [0, 0.05) is 16.8 Å². The number of rotatable bonds is 9. The van der Waals surface area contributed by atoms with E-state index in [4.69, 9.17) is 21.9 Å². The maximum Gasteiger partial charge on any atom is 0.132 e. The topological polar surface area (TPSA) is 88.2 Å². The Kier molecular flexibility index (Phi) is 18.1. The first kappa shape index (κ1) is 44.7. The van der Waals surface area contributed by atoms with Gasteiger partial charge in [-0.05, 0) is 97.8 Å². The molecule has 59 heavy (non-hydrogen) atoms. The van der Waals surface area contributed by atoms with Crippen molar-refractivity contribution in [2.24, 2.45) is 16.5 Å². The summed E-state index contributed by atoms with van der Waals surface area (Å²) < 4.78 is 0. The summed E-state index contributed by atoms with van der Waals surface area (Å²) in [6.07, 6.45) is 4.97. The Balaban J connectivity index is 0.000000400. The van der Waals surface area contributed by atoms with Gasteiger partial charge in [-0.25, -0.2) is 4.99 Å². The zero-order valence-electron chi connectivity index (χ0n) is 35.1. The molecule has 0 spiro atoms. The van der Waals surface area contributed by atoms with Gasteiger partial charge < -0.3 is 16.9 Å². The van der Waals surface area contributed by atoms with Crippen LogP contribution in [0.4, 0.5) is 5.69 Å². The van der Waals surface area contributed by atoms with Crippen molar-refractivity contribution in [2.45, 2.75) is 47.0 Å². The van der Waals surface area contributed by atoms with Gasteiger partial charge in [0.05, 0.1) is 5.69 Å². The van der Waals surface area contributed by atoms with Gasteiger partial charge in [0.1, 0.15) is 5.84 Å². The van der Waals surface area contributed by atoms with E-state index >= 15 is 0 Å². The summed E-state index contributed by atoms with van der Waals surface area (Å²) in [7, 11) is 0. The molecule has 0 aromatic heterocycles. The lowest BCUT2D eigenvalue weighted by Gasteiger charge is -2.14. The van der Waals surface area contributed by atoms with E-state index in [2.05, 4.69) is 143 Å². The molecule has 4 nitrogen and oxygen atoms in total. The standard InChI is InChI=1S/C40H39N3.2C7H8.CH3N/c1-4-10-28(2)39(41)37-13-8-9-14-38(37)40(42)43-36-25-23-35(24-26-36)34-21-19-31(20-22-34)29(3)27-30-15-17-33(18-16-30)32-11-6-5-7-12-32;2*1-7-5-3-2-4-6-7;1-2/h4-26,29H,27,41H2,1-3H3,(H2,42,43);2*2-6H,1H3;2H,1H2/b10-4-,39-28-;;;. The van der Waals surface area contributed by atoms with Gasteiger partial charge in [-0.1, -0.05) is 206 Å². The summed E-state index contributed by atoms with van der Waals surface area (Å²) in [6, 6.07) is 64.9. The highest BCUT2D eigenvalue weighted by Gasteiger charge is 2.11. The van der Waals surface area contributed by atoms with Gasteiger partial charge in [0.25, 0.3) is 0 Å². The second kappa shape index (κ2) is 23.9. The fourth-order valence-electron chi connectivity index (χ4n) is 6.43. The molecule has 0 saturated carbocycles. The van der Waals surface area contributed by atoms with Crippen molar-refractivity contribution in [2.75, 3.05) is 0 Å². The van der Waals surface area contributed by atoms with Crippen LogP contribution in [0.2, 0.25) is 0 Å². The van der Waals surface area contributed by atoms with Crippen LogP contribution in [0.1, 0.15) is 60.1 Å². The number of aliphatic imine (C=N–C) groups is 1. The lowest BCUT2D eigenvalue weighted by atomic mass is 9.91. The van der Waals surface area contributed by atoms with Crippen LogP contribution in [0.5, 0.6) is 0 Å². The summed E-state index contributed by atoms with van der Waals surface area (Å²) in [4.78, 5) is 4.71. The van der Waals surface area contributed by atoms with E-state index in [0.29, 0.717) is 17.5 Å². The lowest BCUT2D eigenvalue weighted by Crippen LogP contribution is -2.16. The van der Waals surface area contributed by atoms with E-state index in [0.717, 1.165) is 34.4 Å². The number of nitrogens with two attached hydrogens (primary N) is 2. The molecule has 0 radical (unpaired) electrons. The quantitative estimate of drug-likeness (QED) is 0.0775. The Labute approximate surface area is 352 Å². The number of aryl methyl sites for hydroxylation is 2. The Bertz CT molecular complexity index is 2320. The van der Waals surface area contributed by atoms with Crippen LogP contribution in [0, 0.1) is 19.3 Å². The summed E-state index contributed by atoms with van der Waals surface area (Å²) >= 11 is 0. The molecule has 5 N–H and O–H groups in total. The van der Waals surface area contributed by atoms with Crippen LogP contribution in [-0.2, 0) is 6.42 Å². The Hall–Kier alpha value is -7.04. The fourth-order valence-corrected chi connectivity index (χ4v) is 6.43. The normalized spacial score (nSPS) is 11.7. The molecule has 7 aromatic rings. The number of hydrogen-bond acceptors (Lipinski definition) is 3. The number of amidine groups is 1.